The van der Waals surface area contributed by atoms with Crippen LogP contribution in [0.15, 0.2) is 18.2 Å². The van der Waals surface area contributed by atoms with Crippen molar-refractivity contribution in [3.05, 3.63) is 29.6 Å². The molecule has 106 valence electrons. The largest absolute Gasteiger partial charge is 0.323 e. The first-order valence-electron chi connectivity index (χ1n) is 6.64. The number of hydrogen-bond acceptors (Lipinski definition) is 3. The van der Waals surface area contributed by atoms with E-state index in [1.165, 1.54) is 0 Å². The third kappa shape index (κ3) is 2.79. The SMILES string of the molecule is CC(Cl)c1nc2ccc(C#N)cc2n1C(C)CN(C)C. The number of nitrogens with zero attached hydrogens (tertiary/aromatic N) is 4. The lowest BCUT2D eigenvalue weighted by Gasteiger charge is -2.22. The van der Waals surface area contributed by atoms with Crippen molar-refractivity contribution >= 4 is 22.6 Å². The fourth-order valence-electron chi connectivity index (χ4n) is 2.54. The summed E-state index contributed by atoms with van der Waals surface area (Å²) in [6.45, 7) is 4.95. The number of likely N-dealkylation sites (N-methyl/N-ethyl adjacent to an activating group) is 1. The zero-order chi connectivity index (χ0) is 14.9. The monoisotopic (exact) mass is 290 g/mol. The van der Waals surface area contributed by atoms with Crippen LogP contribution in [0.25, 0.3) is 11.0 Å². The Labute approximate surface area is 124 Å². The zero-order valence-corrected chi connectivity index (χ0v) is 13.0. The van der Waals surface area contributed by atoms with Gasteiger partial charge in [0.05, 0.1) is 28.0 Å². The minimum absolute atomic E-state index is 0.169. The molecule has 0 N–H and O–H groups in total. The van der Waals surface area contributed by atoms with Gasteiger partial charge in [-0.25, -0.2) is 4.98 Å². The van der Waals surface area contributed by atoms with E-state index in [-0.39, 0.29) is 11.4 Å². The van der Waals surface area contributed by atoms with Gasteiger partial charge in [0.15, 0.2) is 0 Å². The van der Waals surface area contributed by atoms with E-state index in [9.17, 15) is 0 Å². The molecule has 2 rings (SSSR count). The highest BCUT2D eigenvalue weighted by Gasteiger charge is 2.19. The van der Waals surface area contributed by atoms with Crippen LogP contribution >= 0.6 is 11.6 Å². The fraction of sp³-hybridized carbons (Fsp3) is 0.467. The van der Waals surface area contributed by atoms with Crippen LogP contribution in [0, 0.1) is 11.3 Å². The molecular weight excluding hydrogens is 272 g/mol. The quantitative estimate of drug-likeness (QED) is 0.811. The van der Waals surface area contributed by atoms with Crippen molar-refractivity contribution in [1.82, 2.24) is 14.5 Å². The summed E-state index contributed by atoms with van der Waals surface area (Å²) < 4.78 is 2.15. The van der Waals surface area contributed by atoms with Gasteiger partial charge in [-0.15, -0.1) is 11.6 Å². The highest BCUT2D eigenvalue weighted by Crippen LogP contribution is 2.28. The predicted molar refractivity (Wildman–Crippen MR) is 82.0 cm³/mol. The van der Waals surface area contributed by atoms with Crippen LogP contribution in [0.3, 0.4) is 0 Å². The number of rotatable bonds is 4. The van der Waals surface area contributed by atoms with Crippen molar-refractivity contribution in [2.45, 2.75) is 25.3 Å². The molecule has 0 bridgehead atoms. The predicted octanol–water partition coefficient (Wildman–Crippen LogP) is 3.33. The molecule has 4 nitrogen and oxygen atoms in total. The normalized spacial score (nSPS) is 14.4. The second-order valence-electron chi connectivity index (χ2n) is 5.38. The lowest BCUT2D eigenvalue weighted by atomic mass is 10.2. The Bertz CT molecular complexity index is 652. The van der Waals surface area contributed by atoms with Gasteiger partial charge < -0.3 is 9.47 Å². The van der Waals surface area contributed by atoms with Crippen molar-refractivity contribution in [3.63, 3.8) is 0 Å². The van der Waals surface area contributed by atoms with E-state index in [0.717, 1.165) is 23.4 Å². The van der Waals surface area contributed by atoms with Crippen LogP contribution in [-0.4, -0.2) is 35.1 Å². The van der Waals surface area contributed by atoms with E-state index in [2.05, 4.69) is 27.4 Å². The topological polar surface area (TPSA) is 44.9 Å². The molecule has 2 atom stereocenters. The summed E-state index contributed by atoms with van der Waals surface area (Å²) in [6.07, 6.45) is 0. The molecule has 0 radical (unpaired) electrons. The number of aromatic nitrogens is 2. The molecule has 0 aliphatic heterocycles. The molecule has 0 saturated carbocycles. The van der Waals surface area contributed by atoms with Gasteiger partial charge in [-0.2, -0.15) is 5.26 Å². The van der Waals surface area contributed by atoms with Gasteiger partial charge in [0.1, 0.15) is 5.82 Å². The van der Waals surface area contributed by atoms with Gasteiger partial charge in [0.25, 0.3) is 0 Å². The molecule has 0 aliphatic rings. The van der Waals surface area contributed by atoms with E-state index in [1.807, 2.05) is 33.2 Å². The number of halogens is 1. The lowest BCUT2D eigenvalue weighted by molar-refractivity contribution is 0.336. The number of hydrogen-bond donors (Lipinski definition) is 0. The molecule has 20 heavy (non-hydrogen) atoms. The Hall–Kier alpha value is -1.57. The average molecular weight is 291 g/mol. The number of fused-ring (bicyclic) bond motifs is 1. The number of alkyl halides is 1. The smallest absolute Gasteiger partial charge is 0.128 e. The van der Waals surface area contributed by atoms with Crippen LogP contribution in [0.4, 0.5) is 0 Å². The fourth-order valence-corrected chi connectivity index (χ4v) is 2.69. The van der Waals surface area contributed by atoms with E-state index >= 15 is 0 Å². The van der Waals surface area contributed by atoms with E-state index in [1.54, 1.807) is 6.07 Å². The average Bonchev–Trinajstić information content (AvgIpc) is 2.76. The lowest BCUT2D eigenvalue weighted by Crippen LogP contribution is -2.23. The summed E-state index contributed by atoms with van der Waals surface area (Å²) in [5.74, 6) is 0.853. The van der Waals surface area contributed by atoms with Gasteiger partial charge >= 0.3 is 0 Å². The van der Waals surface area contributed by atoms with Crippen molar-refractivity contribution in [2.24, 2.45) is 0 Å². The molecule has 2 aromatic rings. The number of imidazole rings is 1. The third-order valence-corrected chi connectivity index (χ3v) is 3.47. The molecule has 0 fully saturated rings. The van der Waals surface area contributed by atoms with Crippen LogP contribution in [0.5, 0.6) is 0 Å². The minimum atomic E-state index is -0.169. The Morgan fingerprint density at radius 3 is 2.65 bits per heavy atom. The maximum Gasteiger partial charge on any atom is 0.128 e. The molecular formula is C15H19ClN4. The van der Waals surface area contributed by atoms with Crippen LogP contribution in [-0.2, 0) is 0 Å². The molecule has 1 aromatic carbocycles. The molecule has 0 spiro atoms. The highest BCUT2D eigenvalue weighted by atomic mass is 35.5. The van der Waals surface area contributed by atoms with Crippen molar-refractivity contribution in [2.75, 3.05) is 20.6 Å². The first kappa shape index (κ1) is 14.8. The summed E-state index contributed by atoms with van der Waals surface area (Å²) in [4.78, 5) is 6.75. The first-order valence-corrected chi connectivity index (χ1v) is 7.08. The summed E-state index contributed by atoms with van der Waals surface area (Å²) >= 11 is 6.27. The zero-order valence-electron chi connectivity index (χ0n) is 12.3. The van der Waals surface area contributed by atoms with Crippen LogP contribution in [0.2, 0.25) is 0 Å². The summed E-state index contributed by atoms with van der Waals surface area (Å²) in [5.41, 5.74) is 2.50. The van der Waals surface area contributed by atoms with E-state index < -0.39 is 0 Å². The third-order valence-electron chi connectivity index (χ3n) is 3.27. The van der Waals surface area contributed by atoms with Crippen molar-refractivity contribution in [1.29, 1.82) is 5.26 Å². The first-order chi connectivity index (χ1) is 9.43. The van der Waals surface area contributed by atoms with Crippen LogP contribution in [0.1, 0.15) is 36.7 Å². The van der Waals surface area contributed by atoms with Crippen molar-refractivity contribution in [3.8, 4) is 6.07 Å². The number of nitriles is 1. The van der Waals surface area contributed by atoms with E-state index in [0.29, 0.717) is 5.56 Å². The maximum atomic E-state index is 9.07. The van der Waals surface area contributed by atoms with Gasteiger partial charge in [0, 0.05) is 12.6 Å². The van der Waals surface area contributed by atoms with Gasteiger partial charge in [0.2, 0.25) is 0 Å². The molecule has 5 heteroatoms. The molecule has 2 unspecified atom stereocenters. The second kappa shape index (κ2) is 5.82. The molecule has 1 heterocycles. The standard InChI is InChI=1S/C15H19ClN4/c1-10(9-19(3)4)20-14-7-12(8-17)5-6-13(14)18-15(20)11(2)16/h5-7,10-11H,9H2,1-4H3. The number of benzene rings is 1. The van der Waals surface area contributed by atoms with Crippen molar-refractivity contribution < 1.29 is 0 Å². The Balaban J connectivity index is 2.63. The van der Waals surface area contributed by atoms with Gasteiger partial charge in [-0.3, -0.25) is 0 Å². The molecule has 0 saturated heterocycles. The summed E-state index contributed by atoms with van der Waals surface area (Å²) in [6, 6.07) is 7.98. The highest BCUT2D eigenvalue weighted by molar-refractivity contribution is 6.20. The molecule has 1 aromatic heterocycles. The molecule has 0 aliphatic carbocycles. The summed E-state index contributed by atoms with van der Waals surface area (Å²) in [5, 5.41) is 8.91. The van der Waals surface area contributed by atoms with Gasteiger partial charge in [-0.1, -0.05) is 0 Å². The summed E-state index contributed by atoms with van der Waals surface area (Å²) in [7, 11) is 4.08. The Kier molecular flexibility index (Phi) is 4.32. The van der Waals surface area contributed by atoms with Crippen LogP contribution < -0.4 is 0 Å². The maximum absolute atomic E-state index is 9.07. The van der Waals surface area contributed by atoms with E-state index in [4.69, 9.17) is 16.9 Å². The Morgan fingerprint density at radius 1 is 1.40 bits per heavy atom. The second-order valence-corrected chi connectivity index (χ2v) is 6.04. The minimum Gasteiger partial charge on any atom is -0.323 e. The van der Waals surface area contributed by atoms with Gasteiger partial charge in [-0.05, 0) is 46.1 Å². The molecule has 0 amide bonds. The Morgan fingerprint density at radius 2 is 2.10 bits per heavy atom.